The van der Waals surface area contributed by atoms with Crippen LogP contribution in [0.15, 0.2) is 67.0 Å². The number of carbonyl (C=O) groups excluding carboxylic acids is 2. The Labute approximate surface area is 255 Å². The van der Waals surface area contributed by atoms with Gasteiger partial charge in [0.2, 0.25) is 0 Å². The molecule has 5 rings (SSSR count). The van der Waals surface area contributed by atoms with Gasteiger partial charge in [0.25, 0.3) is 5.91 Å². The lowest BCUT2D eigenvalue weighted by Crippen LogP contribution is -2.49. The van der Waals surface area contributed by atoms with Crippen LogP contribution in [0.4, 0.5) is 10.6 Å². The standard InChI is InChI=1S/C32H37N5O7/c1-33-32(40)36-12-8-25-19-29(28(21-27(25)36)43-18-17-42-2)44-26-7-11-34-30(20-26)35-31(39)24-5-3-22(4-6-24)23-9-13-37(41,14-10-23)15-16-38/h3-8,11-12,19-21,23,38H,9-10,13-18H2,1-2H3,(H,33,40)(H,34,35,39). The first kappa shape index (κ1) is 31.0. The number of quaternary nitrogens is 1. The molecule has 1 aliphatic rings. The number of piperidine rings is 1. The molecule has 2 amide bonds. The molecule has 1 fully saturated rings. The number of benzene rings is 2. The number of nitrogens with one attached hydrogen (secondary N) is 2. The van der Waals surface area contributed by atoms with Crippen LogP contribution in [0.2, 0.25) is 0 Å². The maximum atomic E-state index is 13.0. The zero-order valence-electron chi connectivity index (χ0n) is 24.8. The molecule has 1 saturated heterocycles. The number of amides is 2. The number of hydroxylamine groups is 3. The molecule has 12 nitrogen and oxygen atoms in total. The number of likely N-dealkylation sites (tertiary alicyclic amines) is 1. The number of hydrogen-bond acceptors (Lipinski definition) is 8. The molecule has 3 heterocycles. The highest BCUT2D eigenvalue weighted by molar-refractivity contribution is 6.03. The molecular weight excluding hydrogens is 566 g/mol. The largest absolute Gasteiger partial charge is 0.633 e. The molecule has 2 aromatic heterocycles. The van der Waals surface area contributed by atoms with Crippen molar-refractivity contribution in [1.29, 1.82) is 0 Å². The molecule has 232 valence electrons. The maximum Gasteiger partial charge on any atom is 0.325 e. The zero-order chi connectivity index (χ0) is 31.1. The number of ether oxygens (including phenoxy) is 3. The number of fused-ring (bicyclic) bond motifs is 1. The molecule has 0 radical (unpaired) electrons. The van der Waals surface area contributed by atoms with Crippen molar-refractivity contribution in [3.05, 3.63) is 83.3 Å². The molecule has 0 unspecified atom stereocenters. The van der Waals surface area contributed by atoms with Crippen molar-refractivity contribution in [2.45, 2.75) is 18.8 Å². The quantitative estimate of drug-likeness (QED) is 0.129. The Hall–Kier alpha value is -4.49. The van der Waals surface area contributed by atoms with E-state index in [1.807, 2.05) is 18.2 Å². The van der Waals surface area contributed by atoms with Crippen LogP contribution >= 0.6 is 0 Å². The Kier molecular flexibility index (Phi) is 9.75. The van der Waals surface area contributed by atoms with Crippen LogP contribution in [-0.2, 0) is 4.74 Å². The van der Waals surface area contributed by atoms with E-state index in [4.69, 9.17) is 19.3 Å². The number of pyridine rings is 1. The van der Waals surface area contributed by atoms with Gasteiger partial charge in [-0.1, -0.05) is 12.1 Å². The third kappa shape index (κ3) is 7.17. The number of rotatable bonds is 11. The van der Waals surface area contributed by atoms with Gasteiger partial charge in [-0.3, -0.25) is 9.36 Å². The number of carbonyl (C=O) groups is 2. The number of aliphatic hydroxyl groups excluding tert-OH is 1. The third-order valence-corrected chi connectivity index (χ3v) is 7.86. The van der Waals surface area contributed by atoms with E-state index in [0.29, 0.717) is 53.8 Å². The van der Waals surface area contributed by atoms with Gasteiger partial charge in [-0.15, -0.1) is 0 Å². The van der Waals surface area contributed by atoms with Crippen LogP contribution < -0.4 is 20.1 Å². The fourth-order valence-electron chi connectivity index (χ4n) is 5.41. The summed E-state index contributed by atoms with van der Waals surface area (Å²) < 4.78 is 18.4. The summed E-state index contributed by atoms with van der Waals surface area (Å²) >= 11 is 0. The molecule has 3 N–H and O–H groups in total. The lowest BCUT2D eigenvalue weighted by Gasteiger charge is -2.47. The smallest absolute Gasteiger partial charge is 0.325 e. The first-order valence-corrected chi connectivity index (χ1v) is 14.5. The molecule has 0 atom stereocenters. The molecule has 44 heavy (non-hydrogen) atoms. The Morgan fingerprint density at radius 3 is 2.55 bits per heavy atom. The molecule has 4 aromatic rings. The molecular formula is C32H37N5O7. The topological polar surface area (TPSA) is 147 Å². The average Bonchev–Trinajstić information content (AvgIpc) is 3.44. The van der Waals surface area contributed by atoms with Crippen LogP contribution in [-0.4, -0.2) is 84.9 Å². The molecule has 2 aromatic carbocycles. The van der Waals surface area contributed by atoms with E-state index in [1.165, 1.54) is 10.8 Å². The normalized spacial score (nSPS) is 18.1. The number of hydrogen-bond donors (Lipinski definition) is 3. The van der Waals surface area contributed by atoms with Crippen LogP contribution in [0.25, 0.3) is 10.9 Å². The summed E-state index contributed by atoms with van der Waals surface area (Å²) in [6.45, 7) is 1.74. The lowest BCUT2D eigenvalue weighted by atomic mass is 9.88. The SMILES string of the molecule is CNC(=O)n1ccc2cc(Oc3ccnc(NC(=O)c4ccc(C5CC[N+]([O-])(CCO)CC5)cc4)c3)c(OCCOC)cc21. The van der Waals surface area contributed by atoms with E-state index in [1.54, 1.807) is 56.8 Å². The summed E-state index contributed by atoms with van der Waals surface area (Å²) in [6.07, 6.45) is 4.70. The average molecular weight is 604 g/mol. The van der Waals surface area contributed by atoms with Gasteiger partial charge in [-0.05, 0) is 41.8 Å². The van der Waals surface area contributed by atoms with Gasteiger partial charge in [0.15, 0.2) is 11.5 Å². The van der Waals surface area contributed by atoms with E-state index in [9.17, 15) is 14.8 Å². The van der Waals surface area contributed by atoms with Gasteiger partial charge in [0.1, 0.15) is 24.7 Å². The summed E-state index contributed by atoms with van der Waals surface area (Å²) in [5, 5.41) is 28.0. The van der Waals surface area contributed by atoms with Gasteiger partial charge in [-0.2, -0.15) is 0 Å². The van der Waals surface area contributed by atoms with E-state index < -0.39 is 0 Å². The fourth-order valence-corrected chi connectivity index (χ4v) is 5.41. The predicted octanol–water partition coefficient (Wildman–Crippen LogP) is 4.48. The number of nitrogens with zero attached hydrogens (tertiary/aromatic N) is 3. The van der Waals surface area contributed by atoms with Gasteiger partial charge in [0.05, 0.1) is 31.8 Å². The van der Waals surface area contributed by atoms with Gasteiger partial charge < -0.3 is 39.8 Å². The van der Waals surface area contributed by atoms with Crippen LogP contribution in [0.5, 0.6) is 17.2 Å². The van der Waals surface area contributed by atoms with Crippen molar-refractivity contribution in [3.8, 4) is 17.2 Å². The summed E-state index contributed by atoms with van der Waals surface area (Å²) in [5.74, 6) is 1.53. The van der Waals surface area contributed by atoms with Crippen molar-refractivity contribution >= 4 is 28.7 Å². The summed E-state index contributed by atoms with van der Waals surface area (Å²) in [4.78, 5) is 29.6. The molecule has 12 heteroatoms. The van der Waals surface area contributed by atoms with Gasteiger partial charge in [-0.25, -0.2) is 9.78 Å². The summed E-state index contributed by atoms with van der Waals surface area (Å²) in [5.41, 5.74) is 2.23. The molecule has 0 spiro atoms. The van der Waals surface area contributed by atoms with Crippen molar-refractivity contribution in [3.63, 3.8) is 0 Å². The number of methoxy groups -OCH3 is 1. The first-order valence-electron chi connectivity index (χ1n) is 14.5. The van der Waals surface area contributed by atoms with Gasteiger partial charge in [0, 0.05) is 62.5 Å². The second kappa shape index (κ2) is 13.9. The van der Waals surface area contributed by atoms with Gasteiger partial charge >= 0.3 is 6.03 Å². The second-order valence-electron chi connectivity index (χ2n) is 10.7. The third-order valence-electron chi connectivity index (χ3n) is 7.86. The van der Waals surface area contributed by atoms with Crippen LogP contribution in [0, 0.1) is 5.21 Å². The van der Waals surface area contributed by atoms with E-state index in [0.717, 1.165) is 23.8 Å². The molecule has 0 aliphatic carbocycles. The highest BCUT2D eigenvalue weighted by atomic mass is 16.5. The minimum atomic E-state index is -0.342. The second-order valence-corrected chi connectivity index (χ2v) is 10.7. The Bertz CT molecular complexity index is 1600. The minimum absolute atomic E-state index is 0.100. The Morgan fingerprint density at radius 1 is 1.07 bits per heavy atom. The van der Waals surface area contributed by atoms with Crippen LogP contribution in [0.3, 0.4) is 0 Å². The summed E-state index contributed by atoms with van der Waals surface area (Å²) in [7, 11) is 3.14. The number of anilines is 1. The monoisotopic (exact) mass is 603 g/mol. The lowest BCUT2D eigenvalue weighted by molar-refractivity contribution is -0.886. The van der Waals surface area contributed by atoms with E-state index >= 15 is 0 Å². The summed E-state index contributed by atoms with van der Waals surface area (Å²) in [6, 6.07) is 15.8. The Balaban J connectivity index is 1.27. The fraction of sp³-hybridized carbons (Fsp3) is 0.344. The van der Waals surface area contributed by atoms with E-state index in [2.05, 4.69) is 15.6 Å². The first-order chi connectivity index (χ1) is 21.3. The van der Waals surface area contributed by atoms with Crippen molar-refractivity contribution < 1.29 is 33.6 Å². The Morgan fingerprint density at radius 2 is 1.84 bits per heavy atom. The van der Waals surface area contributed by atoms with Crippen molar-refractivity contribution in [1.82, 2.24) is 14.9 Å². The molecule has 1 aliphatic heterocycles. The number of aromatic nitrogens is 2. The minimum Gasteiger partial charge on any atom is -0.633 e. The molecule has 0 saturated carbocycles. The van der Waals surface area contributed by atoms with Crippen LogP contribution in [0.1, 0.15) is 34.7 Å². The highest BCUT2D eigenvalue weighted by Gasteiger charge is 2.27. The zero-order valence-corrected chi connectivity index (χ0v) is 24.8. The van der Waals surface area contributed by atoms with Crippen molar-refractivity contribution in [2.75, 3.05) is 58.9 Å². The van der Waals surface area contributed by atoms with E-state index in [-0.39, 0.29) is 42.3 Å². The predicted molar refractivity (Wildman–Crippen MR) is 165 cm³/mol. The molecule has 0 bridgehead atoms. The highest BCUT2D eigenvalue weighted by Crippen LogP contribution is 2.37. The van der Waals surface area contributed by atoms with Crippen molar-refractivity contribution in [2.24, 2.45) is 0 Å². The maximum absolute atomic E-state index is 13.0. The number of aliphatic hydroxyl groups is 1.